The van der Waals surface area contributed by atoms with E-state index in [2.05, 4.69) is 156 Å². The summed E-state index contributed by atoms with van der Waals surface area (Å²) in [6.45, 7) is 19.5. The van der Waals surface area contributed by atoms with Crippen LogP contribution in [-0.4, -0.2) is 310 Å². The summed E-state index contributed by atoms with van der Waals surface area (Å²) in [5.41, 5.74) is 11.4. The zero-order valence-corrected chi connectivity index (χ0v) is 62.3. The molecule has 8 aromatic rings. The van der Waals surface area contributed by atoms with Crippen LogP contribution in [0.2, 0.25) is 0 Å². The summed E-state index contributed by atoms with van der Waals surface area (Å²) < 4.78 is 30.5. The SMILES string of the molecule is C=P(C)(C)CC[C@H]1O[C@@H](n2cnc3c(N)nc(C)nc32)[C@H](O)[C@@H]1O.C=P(C)(C)CC[C@H]1O[C@@H](n2cnc3c(NC)ccnc32)[C@H](O)[C@@H]1O.C=P(C)(C)CC[C@H]1O[C@@H](n2cnc3c(NCC)ncnc32)[C@H](O)[C@@H]1O.C=P(C)(C)CC[C@H]1O[C@@H](n2cnc3c(NCCC)ncnc32)[C@H](O)[C@@H]1O. The second-order valence-electron chi connectivity index (χ2n) is 28.4. The summed E-state index contributed by atoms with van der Waals surface area (Å²) in [5.74, 6) is 2.09. The Kier molecular flexibility index (Phi) is 25.2. The van der Waals surface area contributed by atoms with Gasteiger partial charge in [0, 0.05) is 26.3 Å². The Labute approximate surface area is 577 Å². The van der Waals surface area contributed by atoms with Crippen LogP contribution in [0.1, 0.15) is 76.7 Å². The summed E-state index contributed by atoms with van der Waals surface area (Å²) >= 11 is 0. The van der Waals surface area contributed by atoms with Gasteiger partial charge >= 0.3 is 0 Å². The Morgan fingerprint density at radius 3 is 1.15 bits per heavy atom. The number of pyridine rings is 1. The minimum Gasteiger partial charge on any atom is -0.388 e. The van der Waals surface area contributed by atoms with Crippen LogP contribution in [0.15, 0.2) is 50.2 Å². The molecule has 4 saturated heterocycles. The fourth-order valence-corrected chi connectivity index (χ4v) is 15.8. The molecule has 4 fully saturated rings. The van der Waals surface area contributed by atoms with Crippen LogP contribution < -0.4 is 21.7 Å². The highest BCUT2D eigenvalue weighted by Gasteiger charge is 2.48. The average Bonchev–Trinajstić information content (AvgIpc) is 1.65. The number of rotatable bonds is 22. The molecule has 0 amide bonds. The highest BCUT2D eigenvalue weighted by Crippen LogP contribution is 2.44. The summed E-state index contributed by atoms with van der Waals surface area (Å²) in [4.78, 5) is 47.1. The molecule has 8 aromatic heterocycles. The summed E-state index contributed by atoms with van der Waals surface area (Å²) in [5, 5.41) is 92.7. The molecule has 35 heteroatoms. The van der Waals surface area contributed by atoms with Crippen molar-refractivity contribution in [1.82, 2.24) is 73.1 Å². The van der Waals surface area contributed by atoms with Crippen molar-refractivity contribution < 1.29 is 59.8 Å². The number of nitrogen functional groups attached to an aromatic ring is 1. The Morgan fingerprint density at radius 1 is 0.455 bits per heavy atom. The van der Waals surface area contributed by atoms with Crippen molar-refractivity contribution in [1.29, 1.82) is 0 Å². The molecular formula is C64H103N19O12P4. The van der Waals surface area contributed by atoms with E-state index in [9.17, 15) is 40.9 Å². The largest absolute Gasteiger partial charge is 0.388 e. The second-order valence-corrected chi connectivity index (χ2v) is 45.7. The van der Waals surface area contributed by atoms with E-state index in [1.54, 1.807) is 50.4 Å². The number of aromatic nitrogens is 15. The topological polar surface area (TPSA) is 422 Å². The number of aliphatic hydroxyl groups is 8. The van der Waals surface area contributed by atoms with Crippen molar-refractivity contribution in [2.75, 3.05) is 120 Å². The summed E-state index contributed by atoms with van der Waals surface area (Å²) in [6.07, 6.45) is 22.3. The maximum absolute atomic E-state index is 10.5. The minimum absolute atomic E-state index is 0.282. The van der Waals surface area contributed by atoms with E-state index >= 15 is 0 Å². The van der Waals surface area contributed by atoms with Gasteiger partial charge in [-0.15, -0.1) is 52.7 Å². The van der Waals surface area contributed by atoms with E-state index < -0.39 is 126 Å². The molecule has 31 nitrogen and oxygen atoms in total. The Morgan fingerprint density at radius 2 is 0.798 bits per heavy atom. The van der Waals surface area contributed by atoms with Crippen molar-refractivity contribution in [2.24, 2.45) is 0 Å². The van der Waals surface area contributed by atoms with E-state index in [4.69, 9.17) is 24.7 Å². The molecule has 0 radical (unpaired) electrons. The number of hydrogen-bond donors (Lipinski definition) is 12. The van der Waals surface area contributed by atoms with Crippen molar-refractivity contribution in [2.45, 2.75) is 151 Å². The molecular weight excluding hydrogens is 1350 g/mol. The smallest absolute Gasteiger partial charge is 0.167 e. The van der Waals surface area contributed by atoms with Gasteiger partial charge in [-0.2, -0.15) is 0 Å². The Hall–Kier alpha value is -5.81. The second kappa shape index (κ2) is 32.2. The number of nitrogens with two attached hydrogens (primary N) is 1. The molecule has 13 N–H and O–H groups in total. The lowest BCUT2D eigenvalue weighted by molar-refractivity contribution is -0.0353. The van der Waals surface area contributed by atoms with E-state index in [1.807, 2.05) is 20.0 Å². The molecule has 12 rings (SSSR count). The van der Waals surface area contributed by atoms with E-state index in [0.29, 0.717) is 94.3 Å². The van der Waals surface area contributed by atoms with Gasteiger partial charge in [-0.1, -0.05) is 6.92 Å². The van der Waals surface area contributed by atoms with Gasteiger partial charge in [0.1, 0.15) is 78.3 Å². The molecule has 0 aliphatic carbocycles. The first-order valence-electron chi connectivity index (χ1n) is 33.2. The van der Waals surface area contributed by atoms with Gasteiger partial charge in [0.2, 0.25) is 0 Å². The monoisotopic (exact) mass is 1450 g/mol. The highest BCUT2D eigenvalue weighted by atomic mass is 31.2. The van der Waals surface area contributed by atoms with Crippen LogP contribution in [0.4, 0.5) is 23.1 Å². The standard InChI is InChI=1S/C17H28N5O3P.C16H26N5O3P.C16H25N4O3P.C15H24N5O3P/c1-5-7-18-15-12-16(20-9-19-15)22(10-21-12)17-14(24)13(23)11(25-17)6-8-26(2,3)4;1-5-17-14-11-15(19-8-18-14)21(9-20-11)16-13(23)12(22)10(24-16)6-7-25(2,3)4;1-17-10-5-7-18-15-12(10)19-9-20(15)16-14(22)13(21)11(23-16)6-8-24(2,3)4;1-8-18-13(16)10-14(19-8)20(7-17-10)15-12(22)11(21)9(23-15)5-6-24(2,3)4/h9-11,13-14,17,23-24H,2,5-8H2,1,3-4H3,(H,18,19,20);8-10,12-13,16,22-23H,2,5-7H2,1,3-4H3,(H,17,18,19);5,7,9,11,13-14,16,21-22H,2,6,8H2,1,3-4H3,(H,17,18);7,9,11-12,15,21-22H,2,5-6H2,1,3-4H3,(H2,16,18,19)/t11-,13-,14-,17-;10-,12-,13-,16-;11-,13-,14-,16-;9-,11-,12-,15-/m1111/s1. The first-order valence-corrected chi connectivity index (χ1v) is 45.4. The zero-order valence-electron chi connectivity index (χ0n) is 58.7. The normalized spacial score (nSPS) is 27.3. The van der Waals surface area contributed by atoms with Gasteiger partial charge < -0.3 is 81.5 Å². The molecule has 99 heavy (non-hydrogen) atoms. The molecule has 4 aliphatic heterocycles. The lowest BCUT2D eigenvalue weighted by atomic mass is 10.1. The van der Waals surface area contributed by atoms with Crippen LogP contribution in [-0.2, 0) is 18.9 Å². The molecule has 0 bridgehead atoms. The quantitative estimate of drug-likeness (QED) is 0.0427. The lowest BCUT2D eigenvalue weighted by Gasteiger charge is -2.18. The van der Waals surface area contributed by atoms with Gasteiger partial charge in [-0.25, -0.2) is 54.8 Å². The third kappa shape index (κ3) is 18.5. The number of nitrogens with zero attached hydrogens (tertiary/aromatic N) is 15. The lowest BCUT2D eigenvalue weighted by Crippen LogP contribution is -2.31. The van der Waals surface area contributed by atoms with Crippen molar-refractivity contribution in [3.8, 4) is 0 Å². The number of hydrogen-bond acceptors (Lipinski definition) is 27. The van der Waals surface area contributed by atoms with Gasteiger partial charge in [0.05, 0.1) is 55.4 Å². The average molecular weight is 1450 g/mol. The van der Waals surface area contributed by atoms with E-state index in [0.717, 1.165) is 43.3 Å². The molecule has 0 unspecified atom stereocenters. The number of imidazole rings is 4. The molecule has 0 saturated carbocycles. The minimum atomic E-state index is -1.23. The van der Waals surface area contributed by atoms with Gasteiger partial charge in [0.25, 0.3) is 0 Å². The number of nitrogens with one attached hydrogen (secondary N) is 3. The van der Waals surface area contributed by atoms with Crippen LogP contribution >= 0.6 is 27.5 Å². The zero-order chi connectivity index (χ0) is 72.2. The first kappa shape index (κ1) is 77.4. The maximum Gasteiger partial charge on any atom is 0.167 e. The Bertz CT molecular complexity index is 4230. The molecule has 546 valence electrons. The fourth-order valence-electron chi connectivity index (χ4n) is 12.0. The van der Waals surface area contributed by atoms with Crippen molar-refractivity contribution in [3.05, 3.63) is 56.1 Å². The number of ether oxygens (including phenoxy) is 4. The number of aryl methyl sites for hydroxylation is 1. The summed E-state index contributed by atoms with van der Waals surface area (Å²) in [7, 11) is 1.82. The molecule has 4 aliphatic rings. The maximum atomic E-state index is 10.5. The van der Waals surface area contributed by atoms with Crippen LogP contribution in [0.3, 0.4) is 0 Å². The van der Waals surface area contributed by atoms with Crippen LogP contribution in [0, 0.1) is 6.92 Å². The third-order valence-electron chi connectivity index (χ3n) is 17.4. The van der Waals surface area contributed by atoms with E-state index in [-0.39, 0.29) is 5.82 Å². The van der Waals surface area contributed by atoms with Crippen LogP contribution in [0.5, 0.6) is 0 Å². The molecule has 16 atom stereocenters. The van der Waals surface area contributed by atoms with Gasteiger partial charge in [-0.3, -0.25) is 18.3 Å². The van der Waals surface area contributed by atoms with E-state index in [1.165, 1.54) is 19.0 Å². The van der Waals surface area contributed by atoms with Gasteiger partial charge in [-0.05, 0) is 130 Å². The summed E-state index contributed by atoms with van der Waals surface area (Å²) in [6, 6.07) is 1.84. The third-order valence-corrected chi connectivity index (χ3v) is 23.3. The van der Waals surface area contributed by atoms with Gasteiger partial charge in [0.15, 0.2) is 76.0 Å². The van der Waals surface area contributed by atoms with Crippen LogP contribution in [0.25, 0.3) is 44.7 Å². The van der Waals surface area contributed by atoms with Crippen molar-refractivity contribution >= 4 is 121 Å². The fraction of sp³-hybridized carbons (Fsp3) is 0.609. The predicted octanol–water partition coefficient (Wildman–Crippen LogP) is 3.97. The number of anilines is 4. The first-order chi connectivity index (χ1) is 46.6. The predicted molar refractivity (Wildman–Crippen MR) is 400 cm³/mol. The molecule has 0 spiro atoms. The molecule has 12 heterocycles. The highest BCUT2D eigenvalue weighted by molar-refractivity contribution is 7.73. The van der Waals surface area contributed by atoms with Crippen molar-refractivity contribution in [3.63, 3.8) is 0 Å². The Balaban J connectivity index is 0.000000154. The molecule has 0 aromatic carbocycles. The number of fused-ring (bicyclic) bond motifs is 4. The number of aliphatic hydroxyl groups excluding tert-OH is 8.